The summed E-state index contributed by atoms with van der Waals surface area (Å²) in [5, 5.41) is 7.47. The van der Waals surface area contributed by atoms with Crippen LogP contribution >= 0.6 is 12.4 Å². The summed E-state index contributed by atoms with van der Waals surface area (Å²) in [5.41, 5.74) is 7.51. The fraction of sp³-hybridized carbons (Fsp3) is 0.500. The van der Waals surface area contributed by atoms with Crippen molar-refractivity contribution in [2.24, 2.45) is 23.5 Å². The summed E-state index contributed by atoms with van der Waals surface area (Å²) in [5.74, 6) is 2.00. The Morgan fingerprint density at radius 3 is 2.54 bits per heavy atom. The van der Waals surface area contributed by atoms with Gasteiger partial charge in [0.15, 0.2) is 0 Å². The minimum absolute atomic E-state index is 0. The molecule has 26 heavy (non-hydrogen) atoms. The van der Waals surface area contributed by atoms with Gasteiger partial charge in [0.1, 0.15) is 5.82 Å². The average molecular weight is 375 g/mol. The van der Waals surface area contributed by atoms with Crippen LogP contribution in [0.5, 0.6) is 0 Å². The highest BCUT2D eigenvalue weighted by Crippen LogP contribution is 2.42. The summed E-state index contributed by atoms with van der Waals surface area (Å²) in [6, 6.07) is 12.3. The van der Waals surface area contributed by atoms with Gasteiger partial charge in [-0.15, -0.1) is 12.4 Å². The molecule has 2 aliphatic rings. The summed E-state index contributed by atoms with van der Waals surface area (Å²) in [4.78, 5) is 12.8. The predicted molar refractivity (Wildman–Crippen MR) is 105 cm³/mol. The van der Waals surface area contributed by atoms with Gasteiger partial charge in [-0.25, -0.2) is 4.68 Å². The SMILES string of the molecule is Cl.NC1C2CCCC1CC(C(=O)Nc1ccnn1Cc1ccccc1)C2. The van der Waals surface area contributed by atoms with E-state index in [1.165, 1.54) is 24.8 Å². The van der Waals surface area contributed by atoms with Crippen molar-refractivity contribution in [2.45, 2.75) is 44.7 Å². The van der Waals surface area contributed by atoms with E-state index in [2.05, 4.69) is 22.5 Å². The van der Waals surface area contributed by atoms with E-state index in [0.29, 0.717) is 24.4 Å². The first-order valence-corrected chi connectivity index (χ1v) is 9.33. The van der Waals surface area contributed by atoms with Gasteiger partial charge in [0, 0.05) is 18.0 Å². The Bertz CT molecular complexity index is 718. The van der Waals surface area contributed by atoms with Crippen LogP contribution in [-0.2, 0) is 11.3 Å². The Morgan fingerprint density at radius 1 is 1.15 bits per heavy atom. The number of amides is 1. The molecule has 0 spiro atoms. The fourth-order valence-electron chi connectivity index (χ4n) is 4.55. The number of nitrogens with two attached hydrogens (primary N) is 1. The molecule has 0 saturated heterocycles. The van der Waals surface area contributed by atoms with Gasteiger partial charge >= 0.3 is 0 Å². The van der Waals surface area contributed by atoms with Crippen LogP contribution in [0.4, 0.5) is 5.82 Å². The number of hydrogen-bond acceptors (Lipinski definition) is 3. The van der Waals surface area contributed by atoms with Crippen LogP contribution in [0, 0.1) is 17.8 Å². The Balaban J connectivity index is 0.00000196. The molecule has 5 nitrogen and oxygen atoms in total. The maximum Gasteiger partial charge on any atom is 0.228 e. The lowest BCUT2D eigenvalue weighted by molar-refractivity contribution is -0.122. The highest BCUT2D eigenvalue weighted by molar-refractivity contribution is 5.91. The topological polar surface area (TPSA) is 72.9 Å². The fourth-order valence-corrected chi connectivity index (χ4v) is 4.55. The summed E-state index contributed by atoms with van der Waals surface area (Å²) in [6.07, 6.45) is 7.21. The number of carbonyl (C=O) groups excluding carboxylic acids is 1. The second-order valence-corrected chi connectivity index (χ2v) is 7.55. The number of fused-ring (bicyclic) bond motifs is 2. The van der Waals surface area contributed by atoms with Crippen molar-refractivity contribution in [1.29, 1.82) is 0 Å². The zero-order valence-electron chi connectivity index (χ0n) is 14.9. The van der Waals surface area contributed by atoms with Gasteiger partial charge < -0.3 is 11.1 Å². The number of aromatic nitrogens is 2. The number of anilines is 1. The Hall–Kier alpha value is -1.85. The first-order chi connectivity index (χ1) is 12.2. The van der Waals surface area contributed by atoms with Gasteiger partial charge in [-0.3, -0.25) is 4.79 Å². The van der Waals surface area contributed by atoms with Gasteiger partial charge in [0.25, 0.3) is 0 Å². The monoisotopic (exact) mass is 374 g/mol. The van der Waals surface area contributed by atoms with Crippen molar-refractivity contribution < 1.29 is 4.79 Å². The zero-order chi connectivity index (χ0) is 17.2. The summed E-state index contributed by atoms with van der Waals surface area (Å²) in [6.45, 7) is 0.657. The number of hydrogen-bond donors (Lipinski definition) is 2. The van der Waals surface area contributed by atoms with Crippen molar-refractivity contribution in [3.8, 4) is 0 Å². The van der Waals surface area contributed by atoms with E-state index >= 15 is 0 Å². The molecule has 2 aromatic rings. The van der Waals surface area contributed by atoms with E-state index in [-0.39, 0.29) is 24.2 Å². The largest absolute Gasteiger partial charge is 0.327 e. The molecule has 140 valence electrons. The molecule has 1 amide bonds. The van der Waals surface area contributed by atoms with Crippen LogP contribution in [0.2, 0.25) is 0 Å². The van der Waals surface area contributed by atoms with Crippen molar-refractivity contribution in [1.82, 2.24) is 9.78 Å². The molecule has 2 unspecified atom stereocenters. The molecule has 2 aliphatic carbocycles. The lowest BCUT2D eigenvalue weighted by atomic mass is 9.65. The smallest absolute Gasteiger partial charge is 0.228 e. The van der Waals surface area contributed by atoms with Crippen molar-refractivity contribution in [3.05, 3.63) is 48.2 Å². The second-order valence-electron chi connectivity index (χ2n) is 7.55. The third-order valence-electron chi connectivity index (χ3n) is 5.93. The van der Waals surface area contributed by atoms with Crippen LogP contribution in [0.25, 0.3) is 0 Å². The molecule has 2 saturated carbocycles. The summed E-state index contributed by atoms with van der Waals surface area (Å²) >= 11 is 0. The van der Waals surface area contributed by atoms with E-state index in [1.54, 1.807) is 6.20 Å². The van der Waals surface area contributed by atoms with E-state index in [0.717, 1.165) is 18.7 Å². The van der Waals surface area contributed by atoms with Crippen LogP contribution in [0.3, 0.4) is 0 Å². The minimum atomic E-state index is 0. The molecule has 2 bridgehead atoms. The van der Waals surface area contributed by atoms with Crippen LogP contribution < -0.4 is 11.1 Å². The maximum absolute atomic E-state index is 12.8. The Morgan fingerprint density at radius 2 is 1.85 bits per heavy atom. The molecule has 4 rings (SSSR count). The third-order valence-corrected chi connectivity index (χ3v) is 5.93. The van der Waals surface area contributed by atoms with E-state index in [9.17, 15) is 4.79 Å². The molecule has 1 aromatic heterocycles. The van der Waals surface area contributed by atoms with Gasteiger partial charge in [-0.05, 0) is 43.1 Å². The number of rotatable bonds is 4. The number of nitrogens with one attached hydrogen (secondary N) is 1. The normalized spacial score (nSPS) is 27.4. The van der Waals surface area contributed by atoms with E-state index in [1.807, 2.05) is 28.9 Å². The molecule has 1 aromatic carbocycles. The Kier molecular flexibility index (Phi) is 5.99. The highest BCUT2D eigenvalue weighted by atomic mass is 35.5. The average Bonchev–Trinajstić information content (AvgIpc) is 3.02. The molecular formula is C20H27ClN4O. The third kappa shape index (κ3) is 3.94. The predicted octanol–water partition coefficient (Wildman–Crippen LogP) is 3.45. The van der Waals surface area contributed by atoms with Gasteiger partial charge in [-0.1, -0.05) is 36.8 Å². The van der Waals surface area contributed by atoms with Gasteiger partial charge in [0.2, 0.25) is 5.91 Å². The second kappa shape index (κ2) is 8.23. The number of halogens is 1. The number of benzene rings is 1. The van der Waals surface area contributed by atoms with Crippen molar-refractivity contribution in [2.75, 3.05) is 5.32 Å². The molecule has 1 heterocycles. The van der Waals surface area contributed by atoms with Gasteiger partial charge in [0.05, 0.1) is 12.7 Å². The van der Waals surface area contributed by atoms with Crippen molar-refractivity contribution >= 4 is 24.1 Å². The van der Waals surface area contributed by atoms with Crippen LogP contribution in [0.1, 0.15) is 37.7 Å². The summed E-state index contributed by atoms with van der Waals surface area (Å²) < 4.78 is 1.85. The standard InChI is InChI=1S/C20H26N4O.ClH/c21-19-15-7-4-8-16(19)12-17(11-15)20(25)23-18-9-10-22-24(18)13-14-5-2-1-3-6-14;/h1-3,5-6,9-10,15-17,19H,4,7-8,11-13,21H2,(H,23,25);1H. The minimum Gasteiger partial charge on any atom is -0.327 e. The Labute approximate surface area is 160 Å². The molecule has 2 atom stereocenters. The first kappa shape index (κ1) is 18.9. The highest BCUT2D eigenvalue weighted by Gasteiger charge is 2.40. The van der Waals surface area contributed by atoms with Crippen LogP contribution in [0.15, 0.2) is 42.6 Å². The molecule has 2 fully saturated rings. The molecule has 0 aliphatic heterocycles. The number of nitrogens with zero attached hydrogens (tertiary/aromatic N) is 2. The molecular weight excluding hydrogens is 348 g/mol. The quantitative estimate of drug-likeness (QED) is 0.860. The maximum atomic E-state index is 12.8. The lowest BCUT2D eigenvalue weighted by Crippen LogP contribution is -2.48. The van der Waals surface area contributed by atoms with Crippen LogP contribution in [-0.4, -0.2) is 21.7 Å². The summed E-state index contributed by atoms with van der Waals surface area (Å²) in [7, 11) is 0. The van der Waals surface area contributed by atoms with Gasteiger partial charge in [-0.2, -0.15) is 5.10 Å². The molecule has 0 radical (unpaired) electrons. The van der Waals surface area contributed by atoms with E-state index < -0.39 is 0 Å². The zero-order valence-corrected chi connectivity index (χ0v) is 15.7. The number of carbonyl (C=O) groups is 1. The first-order valence-electron chi connectivity index (χ1n) is 9.33. The van der Waals surface area contributed by atoms with Crippen molar-refractivity contribution in [3.63, 3.8) is 0 Å². The van der Waals surface area contributed by atoms with E-state index in [4.69, 9.17) is 5.73 Å². The molecule has 3 N–H and O–H groups in total. The molecule has 6 heteroatoms. The lowest BCUT2D eigenvalue weighted by Gasteiger charge is -2.43.